The Bertz CT molecular complexity index is 203. The summed E-state index contributed by atoms with van der Waals surface area (Å²) in [6.45, 7) is 12.1. The van der Waals surface area contributed by atoms with Gasteiger partial charge in [0, 0.05) is 12.1 Å². The SMILES string of the molecule is CC1N(C)C(C)C2(C)C(C)C12C. The largest absolute Gasteiger partial charge is 0.300 e. The van der Waals surface area contributed by atoms with Crippen LogP contribution in [0.4, 0.5) is 0 Å². The van der Waals surface area contributed by atoms with Crippen LogP contribution in [0, 0.1) is 16.7 Å². The molecule has 1 nitrogen and oxygen atoms in total. The van der Waals surface area contributed by atoms with Crippen molar-refractivity contribution in [2.45, 2.75) is 46.7 Å². The van der Waals surface area contributed by atoms with Crippen molar-refractivity contribution in [2.24, 2.45) is 16.7 Å². The number of rotatable bonds is 0. The highest BCUT2D eigenvalue weighted by Crippen LogP contribution is 2.77. The van der Waals surface area contributed by atoms with Gasteiger partial charge >= 0.3 is 0 Å². The summed E-state index contributed by atoms with van der Waals surface area (Å²) in [7, 11) is 2.27. The topological polar surface area (TPSA) is 3.24 Å². The molecule has 4 unspecified atom stereocenters. The molecule has 0 N–H and O–H groups in total. The minimum absolute atomic E-state index is 0.584. The third kappa shape index (κ3) is 0.527. The minimum Gasteiger partial charge on any atom is -0.300 e. The number of piperidine rings is 1. The first-order chi connectivity index (χ1) is 5.38. The van der Waals surface area contributed by atoms with E-state index in [0.717, 1.165) is 18.0 Å². The number of fused-ring (bicyclic) bond motifs is 1. The Kier molecular flexibility index (Phi) is 1.35. The van der Waals surface area contributed by atoms with Crippen LogP contribution < -0.4 is 0 Å². The molecule has 0 radical (unpaired) electrons. The highest BCUT2D eigenvalue weighted by molar-refractivity contribution is 5.27. The summed E-state index contributed by atoms with van der Waals surface area (Å²) in [5.74, 6) is 0.909. The second-order valence-electron chi connectivity index (χ2n) is 5.30. The molecule has 2 rings (SSSR count). The first kappa shape index (κ1) is 8.55. The van der Waals surface area contributed by atoms with Gasteiger partial charge in [-0.3, -0.25) is 4.90 Å². The summed E-state index contributed by atoms with van der Waals surface area (Å²) in [5.41, 5.74) is 1.17. The molecule has 1 saturated carbocycles. The lowest BCUT2D eigenvalue weighted by Crippen LogP contribution is -2.37. The Balaban J connectivity index is 2.39. The van der Waals surface area contributed by atoms with E-state index < -0.39 is 0 Å². The van der Waals surface area contributed by atoms with Gasteiger partial charge in [-0.25, -0.2) is 0 Å². The summed E-state index contributed by atoms with van der Waals surface area (Å²) >= 11 is 0. The summed E-state index contributed by atoms with van der Waals surface area (Å²) in [6.07, 6.45) is 0. The van der Waals surface area contributed by atoms with Crippen LogP contribution in [0.25, 0.3) is 0 Å². The minimum atomic E-state index is 0.584. The van der Waals surface area contributed by atoms with Crippen molar-refractivity contribution in [2.75, 3.05) is 7.05 Å². The fourth-order valence-electron chi connectivity index (χ4n) is 3.93. The normalized spacial score (nSPS) is 65.0. The highest BCUT2D eigenvalue weighted by atomic mass is 15.3. The third-order valence-corrected chi connectivity index (χ3v) is 5.83. The third-order valence-electron chi connectivity index (χ3n) is 5.83. The van der Waals surface area contributed by atoms with E-state index in [2.05, 4.69) is 46.6 Å². The van der Waals surface area contributed by atoms with Gasteiger partial charge in [0.15, 0.2) is 0 Å². The monoisotopic (exact) mass is 167 g/mol. The Morgan fingerprint density at radius 1 is 0.917 bits per heavy atom. The maximum Gasteiger partial charge on any atom is 0.0129 e. The first-order valence-electron chi connectivity index (χ1n) is 5.10. The van der Waals surface area contributed by atoms with E-state index in [0.29, 0.717) is 10.8 Å². The lowest BCUT2D eigenvalue weighted by molar-refractivity contribution is 0.171. The van der Waals surface area contributed by atoms with Crippen molar-refractivity contribution < 1.29 is 0 Å². The van der Waals surface area contributed by atoms with Gasteiger partial charge in [0.2, 0.25) is 0 Å². The molecule has 0 spiro atoms. The Morgan fingerprint density at radius 3 is 1.50 bits per heavy atom. The summed E-state index contributed by atoms with van der Waals surface area (Å²) < 4.78 is 0. The molecule has 0 amide bonds. The fourth-order valence-corrected chi connectivity index (χ4v) is 3.93. The second kappa shape index (κ2) is 1.89. The molecule has 0 bridgehead atoms. The van der Waals surface area contributed by atoms with Gasteiger partial charge in [0.1, 0.15) is 0 Å². The second-order valence-corrected chi connectivity index (χ2v) is 5.30. The van der Waals surface area contributed by atoms with Crippen LogP contribution in [-0.2, 0) is 0 Å². The molecule has 2 fully saturated rings. The Hall–Kier alpha value is -0.0400. The van der Waals surface area contributed by atoms with Gasteiger partial charge in [0.05, 0.1) is 0 Å². The molecule has 1 aliphatic carbocycles. The zero-order valence-corrected chi connectivity index (χ0v) is 9.18. The molecular formula is C11H21N. The number of hydrogen-bond acceptors (Lipinski definition) is 1. The van der Waals surface area contributed by atoms with Gasteiger partial charge < -0.3 is 0 Å². The predicted molar refractivity (Wildman–Crippen MR) is 52.1 cm³/mol. The first-order valence-corrected chi connectivity index (χ1v) is 5.10. The molecular weight excluding hydrogens is 146 g/mol. The van der Waals surface area contributed by atoms with Crippen molar-refractivity contribution in [3.05, 3.63) is 0 Å². The van der Waals surface area contributed by atoms with E-state index in [1.807, 2.05) is 0 Å². The Labute approximate surface area is 76.1 Å². The smallest absolute Gasteiger partial charge is 0.0129 e. The molecule has 12 heavy (non-hydrogen) atoms. The zero-order valence-electron chi connectivity index (χ0n) is 9.18. The molecule has 1 saturated heterocycles. The molecule has 1 heterocycles. The average molecular weight is 167 g/mol. The standard InChI is InChI=1S/C11H21N/c1-7-10(4)8(2)12(6)9(3)11(7,10)5/h7-9H,1-6H3. The molecule has 0 aromatic heterocycles. The summed E-state index contributed by atoms with van der Waals surface area (Å²) in [6, 6.07) is 1.51. The number of hydrogen-bond donors (Lipinski definition) is 0. The number of nitrogens with zero attached hydrogens (tertiary/aromatic N) is 1. The van der Waals surface area contributed by atoms with E-state index in [4.69, 9.17) is 0 Å². The van der Waals surface area contributed by atoms with Crippen molar-refractivity contribution in [3.63, 3.8) is 0 Å². The van der Waals surface area contributed by atoms with Gasteiger partial charge in [-0.05, 0) is 37.6 Å². The van der Waals surface area contributed by atoms with E-state index in [1.54, 1.807) is 0 Å². The van der Waals surface area contributed by atoms with Crippen molar-refractivity contribution in [1.29, 1.82) is 0 Å². The van der Waals surface area contributed by atoms with Crippen LogP contribution in [-0.4, -0.2) is 24.0 Å². The van der Waals surface area contributed by atoms with E-state index in [-0.39, 0.29) is 0 Å². The van der Waals surface area contributed by atoms with Crippen LogP contribution in [0.2, 0.25) is 0 Å². The van der Waals surface area contributed by atoms with E-state index in [1.165, 1.54) is 0 Å². The van der Waals surface area contributed by atoms with Gasteiger partial charge in [0.25, 0.3) is 0 Å². The highest BCUT2D eigenvalue weighted by Gasteiger charge is 2.77. The molecule has 0 aromatic carbocycles. The van der Waals surface area contributed by atoms with Crippen molar-refractivity contribution >= 4 is 0 Å². The van der Waals surface area contributed by atoms with E-state index >= 15 is 0 Å². The molecule has 4 atom stereocenters. The lowest BCUT2D eigenvalue weighted by Gasteiger charge is -2.29. The van der Waals surface area contributed by atoms with Crippen LogP contribution in [0.1, 0.15) is 34.6 Å². The summed E-state index contributed by atoms with van der Waals surface area (Å²) in [5, 5.41) is 0. The number of likely N-dealkylation sites (tertiary alicyclic amines) is 1. The molecule has 2 aliphatic rings. The maximum atomic E-state index is 2.54. The van der Waals surface area contributed by atoms with Crippen molar-refractivity contribution in [1.82, 2.24) is 4.90 Å². The van der Waals surface area contributed by atoms with Crippen LogP contribution in [0.15, 0.2) is 0 Å². The van der Waals surface area contributed by atoms with Gasteiger partial charge in [-0.1, -0.05) is 20.8 Å². The molecule has 70 valence electrons. The fraction of sp³-hybridized carbons (Fsp3) is 1.00. The summed E-state index contributed by atoms with van der Waals surface area (Å²) in [4.78, 5) is 2.54. The molecule has 0 aromatic rings. The zero-order chi connectivity index (χ0) is 9.31. The van der Waals surface area contributed by atoms with E-state index in [9.17, 15) is 0 Å². The van der Waals surface area contributed by atoms with Gasteiger partial charge in [-0.15, -0.1) is 0 Å². The molecule has 1 aliphatic heterocycles. The lowest BCUT2D eigenvalue weighted by atomic mass is 9.92. The van der Waals surface area contributed by atoms with Crippen LogP contribution in [0.5, 0.6) is 0 Å². The average Bonchev–Trinajstić information content (AvgIpc) is 2.45. The van der Waals surface area contributed by atoms with Crippen LogP contribution >= 0.6 is 0 Å². The maximum absolute atomic E-state index is 2.54. The predicted octanol–water partition coefficient (Wildman–Crippen LogP) is 2.37. The van der Waals surface area contributed by atoms with Gasteiger partial charge in [-0.2, -0.15) is 0 Å². The molecule has 1 heteroatoms. The Morgan fingerprint density at radius 2 is 1.25 bits per heavy atom. The quantitative estimate of drug-likeness (QED) is 0.535. The van der Waals surface area contributed by atoms with Crippen LogP contribution in [0.3, 0.4) is 0 Å². The van der Waals surface area contributed by atoms with Crippen molar-refractivity contribution in [3.8, 4) is 0 Å².